The molecule has 0 bridgehead atoms. The lowest BCUT2D eigenvalue weighted by atomic mass is 10.1. The Bertz CT molecular complexity index is 744. The van der Waals surface area contributed by atoms with E-state index in [0.29, 0.717) is 24.5 Å². The summed E-state index contributed by atoms with van der Waals surface area (Å²) in [6.45, 7) is 6.35. The largest absolute Gasteiger partial charge is 0.435 e. The number of hydrogen-bond donors (Lipinski definition) is 0. The summed E-state index contributed by atoms with van der Waals surface area (Å²) in [5.41, 5.74) is -1.06. The Morgan fingerprint density at radius 2 is 1.50 bits per heavy atom. The van der Waals surface area contributed by atoms with E-state index < -0.39 is 23.6 Å². The standard InChI is InChI=1S/C15H13F6N3.C2H6/c1-9-12(15(19,20)21)22-24-7-6-23(13(9)24)8-10-2-4-11(5-3-10)14(16,17)18;1-2/h2-5H,6-8H2,1H3;1-2H3. The summed E-state index contributed by atoms with van der Waals surface area (Å²) in [6, 6.07) is 4.61. The molecule has 0 N–H and O–H groups in total. The molecule has 3 nitrogen and oxygen atoms in total. The first kappa shape index (κ1) is 20.1. The summed E-state index contributed by atoms with van der Waals surface area (Å²) >= 11 is 0. The monoisotopic (exact) mass is 379 g/mol. The first-order valence-corrected chi connectivity index (χ1v) is 8.13. The summed E-state index contributed by atoms with van der Waals surface area (Å²) in [7, 11) is 0. The molecule has 2 aromatic rings. The van der Waals surface area contributed by atoms with Gasteiger partial charge in [0, 0.05) is 18.7 Å². The molecule has 3 rings (SSSR count). The second-order valence-electron chi connectivity index (χ2n) is 5.63. The third-order valence-electron chi connectivity index (χ3n) is 3.96. The van der Waals surface area contributed by atoms with Gasteiger partial charge >= 0.3 is 12.4 Å². The van der Waals surface area contributed by atoms with Crippen molar-refractivity contribution in [2.75, 3.05) is 11.4 Å². The minimum absolute atomic E-state index is 0.0342. The van der Waals surface area contributed by atoms with Crippen LogP contribution in [0.4, 0.5) is 32.2 Å². The van der Waals surface area contributed by atoms with Gasteiger partial charge in [-0.2, -0.15) is 31.4 Å². The molecule has 0 atom stereocenters. The highest BCUT2D eigenvalue weighted by Gasteiger charge is 2.40. The zero-order valence-electron chi connectivity index (χ0n) is 14.5. The van der Waals surface area contributed by atoms with Crippen LogP contribution in [-0.4, -0.2) is 16.3 Å². The van der Waals surface area contributed by atoms with E-state index >= 15 is 0 Å². The Morgan fingerprint density at radius 1 is 0.923 bits per heavy atom. The van der Waals surface area contributed by atoms with Crippen molar-refractivity contribution >= 4 is 5.82 Å². The van der Waals surface area contributed by atoms with E-state index in [4.69, 9.17) is 0 Å². The Morgan fingerprint density at radius 3 is 2.00 bits per heavy atom. The molecule has 9 heteroatoms. The lowest BCUT2D eigenvalue weighted by Gasteiger charge is -2.19. The summed E-state index contributed by atoms with van der Waals surface area (Å²) in [6.07, 6.45) is -8.94. The molecule has 0 spiro atoms. The van der Waals surface area contributed by atoms with Crippen molar-refractivity contribution in [3.05, 3.63) is 46.6 Å². The van der Waals surface area contributed by atoms with Crippen molar-refractivity contribution in [3.8, 4) is 0 Å². The molecule has 0 unspecified atom stereocenters. The smallest absolute Gasteiger partial charge is 0.350 e. The third-order valence-corrected chi connectivity index (χ3v) is 3.96. The fraction of sp³-hybridized carbons (Fsp3) is 0.471. The molecule has 0 fully saturated rings. The van der Waals surface area contributed by atoms with Crippen molar-refractivity contribution in [2.45, 2.75) is 46.2 Å². The molecule has 1 aliphatic rings. The van der Waals surface area contributed by atoms with Crippen LogP contribution in [0.1, 0.15) is 36.2 Å². The van der Waals surface area contributed by atoms with Crippen LogP contribution < -0.4 is 4.90 Å². The van der Waals surface area contributed by atoms with Gasteiger partial charge < -0.3 is 4.90 Å². The van der Waals surface area contributed by atoms with Gasteiger partial charge in [-0.25, -0.2) is 4.68 Å². The summed E-state index contributed by atoms with van der Waals surface area (Å²) in [4.78, 5) is 1.69. The number of benzene rings is 1. The van der Waals surface area contributed by atoms with Crippen molar-refractivity contribution in [1.29, 1.82) is 0 Å². The first-order chi connectivity index (χ1) is 12.1. The van der Waals surface area contributed by atoms with Gasteiger partial charge in [0.05, 0.1) is 12.1 Å². The number of alkyl halides is 6. The van der Waals surface area contributed by atoms with Crippen molar-refractivity contribution < 1.29 is 26.3 Å². The topological polar surface area (TPSA) is 21.1 Å². The molecule has 0 radical (unpaired) electrons. The quantitative estimate of drug-likeness (QED) is 0.663. The van der Waals surface area contributed by atoms with Crippen LogP contribution in [0, 0.1) is 6.92 Å². The average molecular weight is 379 g/mol. The fourth-order valence-corrected chi connectivity index (χ4v) is 2.86. The average Bonchev–Trinajstić information content (AvgIpc) is 3.10. The summed E-state index contributed by atoms with van der Waals surface area (Å²) < 4.78 is 77.7. The van der Waals surface area contributed by atoms with Crippen molar-refractivity contribution in [1.82, 2.24) is 9.78 Å². The van der Waals surface area contributed by atoms with E-state index in [1.807, 2.05) is 13.8 Å². The third kappa shape index (κ3) is 3.96. The number of nitrogens with zero attached hydrogens (tertiary/aromatic N) is 3. The second-order valence-corrected chi connectivity index (χ2v) is 5.63. The van der Waals surface area contributed by atoms with Gasteiger partial charge in [-0.1, -0.05) is 26.0 Å². The Hall–Kier alpha value is -2.19. The van der Waals surface area contributed by atoms with E-state index in [1.165, 1.54) is 23.7 Å². The summed E-state index contributed by atoms with van der Waals surface area (Å²) in [5.74, 6) is 0.363. The maximum Gasteiger partial charge on any atom is 0.435 e. The van der Waals surface area contributed by atoms with Crippen LogP contribution in [-0.2, 0) is 25.4 Å². The van der Waals surface area contributed by atoms with E-state index in [9.17, 15) is 26.3 Å². The minimum Gasteiger partial charge on any atom is -0.350 e. The van der Waals surface area contributed by atoms with E-state index in [-0.39, 0.29) is 12.1 Å². The van der Waals surface area contributed by atoms with E-state index in [2.05, 4.69) is 5.10 Å². The van der Waals surface area contributed by atoms with Gasteiger partial charge in [-0.05, 0) is 24.6 Å². The van der Waals surface area contributed by atoms with Gasteiger partial charge in [-0.3, -0.25) is 0 Å². The molecule has 144 valence electrons. The lowest BCUT2D eigenvalue weighted by molar-refractivity contribution is -0.142. The Kier molecular flexibility index (Phi) is 5.58. The predicted octanol–water partition coefficient (Wildman–Crippen LogP) is 5.28. The number of fused-ring (bicyclic) bond motifs is 1. The summed E-state index contributed by atoms with van der Waals surface area (Å²) in [5, 5.41) is 3.60. The van der Waals surface area contributed by atoms with Crippen molar-refractivity contribution in [3.63, 3.8) is 0 Å². The van der Waals surface area contributed by atoms with Gasteiger partial charge in [0.15, 0.2) is 5.69 Å². The molecule has 0 saturated carbocycles. The fourth-order valence-electron chi connectivity index (χ4n) is 2.86. The zero-order chi connectivity index (χ0) is 19.7. The highest BCUT2D eigenvalue weighted by Crippen LogP contribution is 2.38. The SMILES string of the molecule is CC.Cc1c(C(F)(F)F)nn2c1N(Cc1ccc(C(F)(F)F)cc1)CC2. The van der Waals surface area contributed by atoms with Crippen LogP contribution >= 0.6 is 0 Å². The van der Waals surface area contributed by atoms with Crippen molar-refractivity contribution in [2.24, 2.45) is 0 Å². The number of halogens is 6. The van der Waals surface area contributed by atoms with Crippen LogP contribution in [0.2, 0.25) is 0 Å². The normalized spacial score (nSPS) is 14.1. The van der Waals surface area contributed by atoms with Gasteiger partial charge in [0.1, 0.15) is 5.82 Å². The van der Waals surface area contributed by atoms with E-state index in [1.54, 1.807) is 4.90 Å². The first-order valence-electron chi connectivity index (χ1n) is 8.13. The highest BCUT2D eigenvalue weighted by atomic mass is 19.4. The highest BCUT2D eigenvalue weighted by molar-refractivity contribution is 5.53. The zero-order valence-corrected chi connectivity index (χ0v) is 14.5. The second kappa shape index (κ2) is 7.20. The number of hydrogen-bond acceptors (Lipinski definition) is 2. The lowest BCUT2D eigenvalue weighted by Crippen LogP contribution is -2.21. The number of anilines is 1. The van der Waals surface area contributed by atoms with Gasteiger partial charge in [0.25, 0.3) is 0 Å². The van der Waals surface area contributed by atoms with Crippen LogP contribution in [0.5, 0.6) is 0 Å². The van der Waals surface area contributed by atoms with E-state index in [0.717, 1.165) is 12.1 Å². The molecule has 0 aliphatic carbocycles. The molecule has 0 saturated heterocycles. The van der Waals surface area contributed by atoms with Crippen LogP contribution in [0.3, 0.4) is 0 Å². The molecule has 1 aromatic heterocycles. The Labute approximate surface area is 147 Å². The molecule has 26 heavy (non-hydrogen) atoms. The number of aromatic nitrogens is 2. The molecular formula is C17H19F6N3. The minimum atomic E-state index is -4.53. The van der Waals surface area contributed by atoms with Gasteiger partial charge in [-0.15, -0.1) is 0 Å². The molecule has 0 amide bonds. The molecule has 2 heterocycles. The molecule has 1 aliphatic heterocycles. The van der Waals surface area contributed by atoms with Crippen LogP contribution in [0.15, 0.2) is 24.3 Å². The molecular weight excluding hydrogens is 360 g/mol. The Balaban J connectivity index is 0.00000117. The maximum atomic E-state index is 12.9. The predicted molar refractivity (Wildman–Crippen MR) is 85.8 cm³/mol. The molecule has 1 aromatic carbocycles. The van der Waals surface area contributed by atoms with Gasteiger partial charge in [0.2, 0.25) is 0 Å². The van der Waals surface area contributed by atoms with Crippen LogP contribution in [0.25, 0.3) is 0 Å². The maximum absolute atomic E-state index is 12.9. The number of rotatable bonds is 2.